The van der Waals surface area contributed by atoms with Gasteiger partial charge in [0.1, 0.15) is 0 Å². The average molecular weight is 415 g/mol. The van der Waals surface area contributed by atoms with Gasteiger partial charge in [-0.05, 0) is 42.7 Å². The summed E-state index contributed by atoms with van der Waals surface area (Å²) in [4.78, 5) is 12.1. The summed E-state index contributed by atoms with van der Waals surface area (Å²) in [6, 6.07) is 14.9. The molecular formula is C22H20Cl2N2O2. The normalized spacial score (nSPS) is 14.9. The maximum atomic E-state index is 12.1. The molecule has 6 heteroatoms. The highest BCUT2D eigenvalue weighted by atomic mass is 35.5. The quantitative estimate of drug-likeness (QED) is 0.514. The monoisotopic (exact) mass is 414 g/mol. The molecule has 1 N–H and O–H groups in total. The summed E-state index contributed by atoms with van der Waals surface area (Å²) in [5.74, 6) is -1.05. The third-order valence-corrected chi connectivity index (χ3v) is 5.72. The predicted molar refractivity (Wildman–Crippen MR) is 112 cm³/mol. The first-order valence-electron chi connectivity index (χ1n) is 9.42. The third kappa shape index (κ3) is 3.67. The van der Waals surface area contributed by atoms with Crippen molar-refractivity contribution < 1.29 is 9.90 Å². The van der Waals surface area contributed by atoms with E-state index in [1.54, 1.807) is 12.1 Å². The first-order chi connectivity index (χ1) is 13.5. The fraction of sp³-hybridized carbons (Fsp3) is 0.273. The van der Waals surface area contributed by atoms with Crippen molar-refractivity contribution in [2.24, 2.45) is 0 Å². The van der Waals surface area contributed by atoms with Crippen molar-refractivity contribution in [3.05, 3.63) is 64.3 Å². The van der Waals surface area contributed by atoms with Gasteiger partial charge in [0.15, 0.2) is 5.69 Å². The molecule has 0 aliphatic heterocycles. The first kappa shape index (κ1) is 19.0. The van der Waals surface area contributed by atoms with E-state index in [-0.39, 0.29) is 11.7 Å². The highest BCUT2D eigenvalue weighted by molar-refractivity contribution is 6.31. The van der Waals surface area contributed by atoms with Crippen LogP contribution >= 0.6 is 23.2 Å². The van der Waals surface area contributed by atoms with Crippen LogP contribution in [-0.2, 0) is 0 Å². The van der Waals surface area contributed by atoms with Crippen molar-refractivity contribution in [1.29, 1.82) is 0 Å². The number of aromatic carboxylic acids is 1. The van der Waals surface area contributed by atoms with Gasteiger partial charge < -0.3 is 5.11 Å². The van der Waals surface area contributed by atoms with Crippen LogP contribution in [0.5, 0.6) is 0 Å². The molecule has 0 spiro atoms. The van der Waals surface area contributed by atoms with Crippen molar-refractivity contribution in [2.45, 2.75) is 38.1 Å². The lowest BCUT2D eigenvalue weighted by Gasteiger charge is -2.24. The zero-order valence-corrected chi connectivity index (χ0v) is 16.7. The van der Waals surface area contributed by atoms with Gasteiger partial charge in [-0.15, -0.1) is 0 Å². The molecule has 0 unspecified atom stereocenters. The van der Waals surface area contributed by atoms with Gasteiger partial charge in [-0.3, -0.25) is 4.68 Å². The summed E-state index contributed by atoms with van der Waals surface area (Å²) in [5, 5.41) is 15.6. The molecule has 4 rings (SSSR count). The summed E-state index contributed by atoms with van der Waals surface area (Å²) in [6.45, 7) is 0. The number of aromatic nitrogens is 2. The molecule has 1 fully saturated rings. The van der Waals surface area contributed by atoms with Crippen LogP contribution < -0.4 is 0 Å². The smallest absolute Gasteiger partial charge is 0.357 e. The fourth-order valence-corrected chi connectivity index (χ4v) is 4.38. The lowest BCUT2D eigenvalue weighted by atomic mass is 9.94. The number of rotatable bonds is 4. The molecule has 1 aromatic heterocycles. The minimum atomic E-state index is -1.05. The van der Waals surface area contributed by atoms with Crippen LogP contribution in [0, 0.1) is 0 Å². The summed E-state index contributed by atoms with van der Waals surface area (Å²) in [6.07, 6.45) is 5.42. The Balaban J connectivity index is 2.01. The number of carbonyl (C=O) groups is 1. The molecule has 0 atom stereocenters. The maximum Gasteiger partial charge on any atom is 0.357 e. The molecule has 3 aromatic rings. The summed E-state index contributed by atoms with van der Waals surface area (Å²) in [7, 11) is 0. The molecule has 0 radical (unpaired) electrons. The van der Waals surface area contributed by atoms with Crippen molar-refractivity contribution in [3.63, 3.8) is 0 Å². The Labute approximate surface area is 173 Å². The van der Waals surface area contributed by atoms with E-state index in [2.05, 4.69) is 5.10 Å². The fourth-order valence-electron chi connectivity index (χ4n) is 4.00. The molecule has 0 amide bonds. The van der Waals surface area contributed by atoms with E-state index in [0.717, 1.165) is 42.5 Å². The number of benzene rings is 2. The van der Waals surface area contributed by atoms with Crippen LogP contribution in [0.4, 0.5) is 0 Å². The van der Waals surface area contributed by atoms with Crippen molar-refractivity contribution in [3.8, 4) is 22.4 Å². The SMILES string of the molecule is O=C(O)c1nn(C2CCCCC2)c(-c2cccc(Cl)c2)c1-c1cccc(Cl)c1. The summed E-state index contributed by atoms with van der Waals surface area (Å²) < 4.78 is 1.91. The molecule has 0 saturated heterocycles. The Morgan fingerprint density at radius 3 is 2.18 bits per heavy atom. The standard InChI is InChI=1S/C22H20Cl2N2O2/c23-16-8-4-6-14(12-16)19-20(22(27)28)25-26(18-10-2-1-3-11-18)21(19)15-7-5-9-17(24)13-15/h4-9,12-13,18H,1-3,10-11H2,(H,27,28). The summed E-state index contributed by atoms with van der Waals surface area (Å²) >= 11 is 12.5. The lowest BCUT2D eigenvalue weighted by molar-refractivity contribution is 0.0689. The Bertz CT molecular complexity index is 1020. The van der Waals surface area contributed by atoms with Gasteiger partial charge in [0.25, 0.3) is 0 Å². The molecule has 1 saturated carbocycles. The Morgan fingerprint density at radius 1 is 0.964 bits per heavy atom. The van der Waals surface area contributed by atoms with Crippen LogP contribution in [0.25, 0.3) is 22.4 Å². The molecule has 1 aliphatic rings. The molecule has 4 nitrogen and oxygen atoms in total. The number of halogens is 2. The molecule has 1 aliphatic carbocycles. The maximum absolute atomic E-state index is 12.1. The van der Waals surface area contributed by atoms with Gasteiger partial charge >= 0.3 is 5.97 Å². The minimum absolute atomic E-state index is 0.0443. The zero-order chi connectivity index (χ0) is 19.7. The number of nitrogens with zero attached hydrogens (tertiary/aromatic N) is 2. The number of carboxylic acids is 1. The van der Waals surface area contributed by atoms with E-state index in [0.29, 0.717) is 15.6 Å². The second kappa shape index (κ2) is 7.98. The molecule has 0 bridgehead atoms. The molecule has 1 heterocycles. The topological polar surface area (TPSA) is 55.1 Å². The van der Waals surface area contributed by atoms with E-state index in [1.165, 1.54) is 6.42 Å². The number of carboxylic acid groups (broad SMARTS) is 1. The highest BCUT2D eigenvalue weighted by Gasteiger charge is 2.29. The predicted octanol–water partition coefficient (Wildman–Crippen LogP) is 6.73. The Kier molecular flexibility index (Phi) is 5.42. The second-order valence-electron chi connectivity index (χ2n) is 7.13. The number of hydrogen-bond acceptors (Lipinski definition) is 2. The molecule has 2 aromatic carbocycles. The average Bonchev–Trinajstić information content (AvgIpc) is 3.10. The van der Waals surface area contributed by atoms with Gasteiger partial charge in [0.2, 0.25) is 0 Å². The first-order valence-corrected chi connectivity index (χ1v) is 10.2. The van der Waals surface area contributed by atoms with Crippen LogP contribution in [0.1, 0.15) is 48.6 Å². The van der Waals surface area contributed by atoms with Crippen LogP contribution in [-0.4, -0.2) is 20.9 Å². The second-order valence-corrected chi connectivity index (χ2v) is 8.01. The Hall–Kier alpha value is -2.30. The van der Waals surface area contributed by atoms with E-state index < -0.39 is 5.97 Å². The van der Waals surface area contributed by atoms with Gasteiger partial charge in [0, 0.05) is 21.2 Å². The van der Waals surface area contributed by atoms with E-state index in [4.69, 9.17) is 23.2 Å². The zero-order valence-electron chi connectivity index (χ0n) is 15.2. The van der Waals surface area contributed by atoms with Gasteiger partial charge in [0.05, 0.1) is 11.7 Å². The minimum Gasteiger partial charge on any atom is -0.476 e. The van der Waals surface area contributed by atoms with E-state index in [1.807, 2.05) is 41.1 Å². The van der Waals surface area contributed by atoms with Crippen molar-refractivity contribution in [1.82, 2.24) is 9.78 Å². The van der Waals surface area contributed by atoms with Gasteiger partial charge in [-0.2, -0.15) is 5.10 Å². The largest absolute Gasteiger partial charge is 0.476 e. The molecular weight excluding hydrogens is 395 g/mol. The lowest BCUT2D eigenvalue weighted by Crippen LogP contribution is -2.16. The van der Waals surface area contributed by atoms with Crippen molar-refractivity contribution in [2.75, 3.05) is 0 Å². The van der Waals surface area contributed by atoms with E-state index in [9.17, 15) is 9.90 Å². The molecule has 144 valence electrons. The van der Waals surface area contributed by atoms with Gasteiger partial charge in [-0.1, -0.05) is 66.7 Å². The van der Waals surface area contributed by atoms with Crippen LogP contribution in [0.2, 0.25) is 10.0 Å². The Morgan fingerprint density at radius 2 is 1.57 bits per heavy atom. The third-order valence-electron chi connectivity index (χ3n) is 5.24. The van der Waals surface area contributed by atoms with E-state index >= 15 is 0 Å². The number of hydrogen-bond donors (Lipinski definition) is 1. The summed E-state index contributed by atoms with van der Waals surface area (Å²) in [5.41, 5.74) is 3.01. The van der Waals surface area contributed by atoms with Crippen LogP contribution in [0.3, 0.4) is 0 Å². The highest BCUT2D eigenvalue weighted by Crippen LogP contribution is 2.41. The molecule has 28 heavy (non-hydrogen) atoms. The van der Waals surface area contributed by atoms with Gasteiger partial charge in [-0.25, -0.2) is 4.79 Å². The van der Waals surface area contributed by atoms with Crippen LogP contribution in [0.15, 0.2) is 48.5 Å². The van der Waals surface area contributed by atoms with Crippen molar-refractivity contribution >= 4 is 29.2 Å².